The average Bonchev–Trinajstić information content (AvgIpc) is 2.87. The Labute approximate surface area is 149 Å². The molecular formula is C19H24N6. The van der Waals surface area contributed by atoms with Crippen molar-refractivity contribution in [3.63, 3.8) is 0 Å². The van der Waals surface area contributed by atoms with Crippen molar-refractivity contribution in [2.45, 2.75) is 25.3 Å². The third-order valence-corrected chi connectivity index (χ3v) is 4.51. The highest BCUT2D eigenvalue weighted by Crippen LogP contribution is 2.23. The van der Waals surface area contributed by atoms with Crippen LogP contribution < -0.4 is 15.1 Å². The highest BCUT2D eigenvalue weighted by molar-refractivity contribution is 5.54. The van der Waals surface area contributed by atoms with Crippen molar-refractivity contribution in [1.82, 2.24) is 9.97 Å². The number of rotatable bonds is 4. The highest BCUT2D eigenvalue weighted by atomic mass is 15.2. The lowest BCUT2D eigenvalue weighted by Gasteiger charge is -2.23. The summed E-state index contributed by atoms with van der Waals surface area (Å²) in [5.41, 5.74) is 1.71. The highest BCUT2D eigenvalue weighted by Gasteiger charge is 2.19. The van der Waals surface area contributed by atoms with Gasteiger partial charge < -0.3 is 15.1 Å². The molecule has 0 spiro atoms. The number of hydrogen-bond acceptors (Lipinski definition) is 6. The molecule has 2 aromatic rings. The number of nitriles is 1. The standard InChI is InChI=1S/C19H24N6/c1-24(2)18-8-7-17(14-22-18)23-16-6-4-11-25(12-9-16)19-15(13-20)5-3-10-21-19/h3,5,7-8,10,14,16,23H,4,6,9,11-12H2,1-2H3/t16-/m0/s1. The summed E-state index contributed by atoms with van der Waals surface area (Å²) in [5, 5.41) is 12.9. The number of anilines is 3. The fraction of sp³-hybridized carbons (Fsp3) is 0.421. The smallest absolute Gasteiger partial charge is 0.146 e. The maximum absolute atomic E-state index is 9.29. The summed E-state index contributed by atoms with van der Waals surface area (Å²) in [5.74, 6) is 1.76. The Kier molecular flexibility index (Phi) is 5.34. The summed E-state index contributed by atoms with van der Waals surface area (Å²) in [6, 6.07) is 10.4. The summed E-state index contributed by atoms with van der Waals surface area (Å²) >= 11 is 0. The summed E-state index contributed by atoms with van der Waals surface area (Å²) in [6.07, 6.45) is 6.83. The molecule has 0 radical (unpaired) electrons. The van der Waals surface area contributed by atoms with Gasteiger partial charge in [0.2, 0.25) is 0 Å². The zero-order valence-electron chi connectivity index (χ0n) is 14.8. The predicted octanol–water partition coefficient (Wildman–Crippen LogP) is 2.89. The van der Waals surface area contributed by atoms with Gasteiger partial charge in [0.25, 0.3) is 0 Å². The Hall–Kier alpha value is -2.81. The van der Waals surface area contributed by atoms with Crippen LogP contribution in [0.5, 0.6) is 0 Å². The van der Waals surface area contributed by atoms with E-state index in [9.17, 15) is 5.26 Å². The number of nitrogens with one attached hydrogen (secondary N) is 1. The predicted molar refractivity (Wildman–Crippen MR) is 101 cm³/mol. The molecule has 1 N–H and O–H groups in total. The zero-order valence-corrected chi connectivity index (χ0v) is 14.8. The van der Waals surface area contributed by atoms with Crippen LogP contribution in [-0.2, 0) is 0 Å². The van der Waals surface area contributed by atoms with E-state index in [4.69, 9.17) is 0 Å². The van der Waals surface area contributed by atoms with Gasteiger partial charge in [-0.3, -0.25) is 0 Å². The van der Waals surface area contributed by atoms with Crippen LogP contribution in [-0.4, -0.2) is 43.2 Å². The lowest BCUT2D eigenvalue weighted by molar-refractivity contribution is 0.639. The van der Waals surface area contributed by atoms with Crippen LogP contribution in [0.1, 0.15) is 24.8 Å². The van der Waals surface area contributed by atoms with Crippen molar-refractivity contribution in [3.05, 3.63) is 42.2 Å². The van der Waals surface area contributed by atoms with Gasteiger partial charge in [-0.05, 0) is 43.5 Å². The monoisotopic (exact) mass is 336 g/mol. The van der Waals surface area contributed by atoms with Crippen molar-refractivity contribution in [2.75, 3.05) is 42.3 Å². The number of hydrogen-bond donors (Lipinski definition) is 1. The van der Waals surface area contributed by atoms with E-state index >= 15 is 0 Å². The van der Waals surface area contributed by atoms with Crippen molar-refractivity contribution in [1.29, 1.82) is 5.26 Å². The van der Waals surface area contributed by atoms with E-state index in [0.29, 0.717) is 11.6 Å². The first-order chi connectivity index (χ1) is 12.2. The molecule has 0 aliphatic carbocycles. The summed E-state index contributed by atoms with van der Waals surface area (Å²) in [6.45, 7) is 1.83. The molecule has 0 aromatic carbocycles. The molecule has 1 atom stereocenters. The van der Waals surface area contributed by atoms with Crippen LogP contribution in [0, 0.1) is 11.3 Å². The van der Waals surface area contributed by atoms with E-state index in [-0.39, 0.29) is 0 Å². The summed E-state index contributed by atoms with van der Waals surface area (Å²) < 4.78 is 0. The second-order valence-electron chi connectivity index (χ2n) is 6.55. The maximum atomic E-state index is 9.29. The van der Waals surface area contributed by atoms with Crippen LogP contribution in [0.4, 0.5) is 17.3 Å². The largest absolute Gasteiger partial charge is 0.381 e. The van der Waals surface area contributed by atoms with Gasteiger partial charge in [0.05, 0.1) is 17.4 Å². The summed E-state index contributed by atoms with van der Waals surface area (Å²) in [4.78, 5) is 13.1. The van der Waals surface area contributed by atoms with Crippen LogP contribution in [0.15, 0.2) is 36.7 Å². The molecule has 0 bridgehead atoms. The average molecular weight is 336 g/mol. The molecule has 0 saturated carbocycles. The van der Waals surface area contributed by atoms with Gasteiger partial charge in [0.1, 0.15) is 17.7 Å². The van der Waals surface area contributed by atoms with E-state index in [1.165, 1.54) is 0 Å². The van der Waals surface area contributed by atoms with Gasteiger partial charge in [-0.1, -0.05) is 0 Å². The van der Waals surface area contributed by atoms with Gasteiger partial charge in [-0.2, -0.15) is 5.26 Å². The van der Waals surface area contributed by atoms with Gasteiger partial charge in [0, 0.05) is 39.4 Å². The third-order valence-electron chi connectivity index (χ3n) is 4.51. The topological polar surface area (TPSA) is 68.1 Å². The van der Waals surface area contributed by atoms with E-state index in [0.717, 1.165) is 49.7 Å². The van der Waals surface area contributed by atoms with Gasteiger partial charge in [-0.15, -0.1) is 0 Å². The third kappa shape index (κ3) is 4.18. The molecule has 0 unspecified atom stereocenters. The van der Waals surface area contributed by atoms with E-state index in [1.54, 1.807) is 6.20 Å². The molecule has 1 fully saturated rings. The van der Waals surface area contributed by atoms with E-state index in [2.05, 4.69) is 32.3 Å². The molecule has 3 rings (SSSR count). The Bertz CT molecular complexity index is 734. The minimum Gasteiger partial charge on any atom is -0.381 e. The summed E-state index contributed by atoms with van der Waals surface area (Å²) in [7, 11) is 3.98. The molecule has 3 heterocycles. The van der Waals surface area contributed by atoms with Gasteiger partial charge in [0.15, 0.2) is 0 Å². The number of nitrogens with zero attached hydrogens (tertiary/aromatic N) is 5. The molecule has 6 nitrogen and oxygen atoms in total. The Morgan fingerprint density at radius 2 is 2.08 bits per heavy atom. The second-order valence-corrected chi connectivity index (χ2v) is 6.55. The van der Waals surface area contributed by atoms with E-state index < -0.39 is 0 Å². The fourth-order valence-electron chi connectivity index (χ4n) is 3.16. The van der Waals surface area contributed by atoms with Crippen LogP contribution >= 0.6 is 0 Å². The number of aromatic nitrogens is 2. The molecule has 6 heteroatoms. The van der Waals surface area contributed by atoms with Gasteiger partial charge in [-0.25, -0.2) is 9.97 Å². The lowest BCUT2D eigenvalue weighted by Crippen LogP contribution is -2.27. The molecule has 1 saturated heterocycles. The van der Waals surface area contributed by atoms with Crippen LogP contribution in [0.2, 0.25) is 0 Å². The SMILES string of the molecule is CN(C)c1ccc(N[C@H]2CCCN(c3ncccc3C#N)CC2)cn1. The van der Waals surface area contributed by atoms with Crippen molar-refractivity contribution < 1.29 is 0 Å². The Balaban J connectivity index is 1.63. The fourth-order valence-corrected chi connectivity index (χ4v) is 3.16. The van der Waals surface area contributed by atoms with Crippen molar-refractivity contribution >= 4 is 17.3 Å². The first-order valence-electron chi connectivity index (χ1n) is 8.67. The second kappa shape index (κ2) is 7.84. The number of pyridine rings is 2. The Morgan fingerprint density at radius 1 is 1.20 bits per heavy atom. The normalized spacial score (nSPS) is 17.5. The molecule has 25 heavy (non-hydrogen) atoms. The van der Waals surface area contributed by atoms with Crippen LogP contribution in [0.25, 0.3) is 0 Å². The molecule has 0 amide bonds. The molecule has 130 valence electrons. The lowest BCUT2D eigenvalue weighted by atomic mass is 10.1. The minimum atomic E-state index is 0.409. The Morgan fingerprint density at radius 3 is 2.80 bits per heavy atom. The quantitative estimate of drug-likeness (QED) is 0.926. The van der Waals surface area contributed by atoms with Gasteiger partial charge >= 0.3 is 0 Å². The first kappa shape index (κ1) is 17.0. The maximum Gasteiger partial charge on any atom is 0.146 e. The zero-order chi connectivity index (χ0) is 17.6. The molecule has 1 aliphatic heterocycles. The molecule has 1 aliphatic rings. The minimum absolute atomic E-state index is 0.409. The van der Waals surface area contributed by atoms with Crippen LogP contribution in [0.3, 0.4) is 0 Å². The van der Waals surface area contributed by atoms with Crippen molar-refractivity contribution in [3.8, 4) is 6.07 Å². The van der Waals surface area contributed by atoms with Crippen molar-refractivity contribution in [2.24, 2.45) is 0 Å². The molecular weight excluding hydrogens is 312 g/mol. The molecule has 2 aromatic heterocycles. The van der Waals surface area contributed by atoms with E-state index in [1.807, 2.05) is 43.4 Å². The first-order valence-corrected chi connectivity index (χ1v) is 8.67.